The molecule has 8 heteroatoms. The number of nitrogens with zero attached hydrogens (tertiary/aromatic N) is 1. The second-order valence-electron chi connectivity index (χ2n) is 10.7. The molecule has 2 aromatic rings. The van der Waals surface area contributed by atoms with E-state index in [1.165, 1.54) is 4.90 Å². The molecule has 0 unspecified atom stereocenters. The lowest BCUT2D eigenvalue weighted by Gasteiger charge is -2.43. The van der Waals surface area contributed by atoms with Crippen LogP contribution in [0.2, 0.25) is 6.32 Å². The van der Waals surface area contributed by atoms with Crippen molar-refractivity contribution < 1.29 is 29.1 Å². The summed E-state index contributed by atoms with van der Waals surface area (Å²) in [4.78, 5) is 28.1. The van der Waals surface area contributed by atoms with E-state index in [1.807, 2.05) is 37.3 Å². The zero-order valence-corrected chi connectivity index (χ0v) is 22.6. The lowest BCUT2D eigenvalue weighted by Crippen LogP contribution is -2.46. The van der Waals surface area contributed by atoms with Crippen LogP contribution in [0.5, 0.6) is 5.75 Å². The van der Waals surface area contributed by atoms with Gasteiger partial charge in [0.05, 0.1) is 24.5 Å². The van der Waals surface area contributed by atoms with Crippen LogP contribution in [0.1, 0.15) is 43.7 Å². The third-order valence-electron chi connectivity index (χ3n) is 8.20. The number of methoxy groups -OCH3 is 1. The lowest BCUT2D eigenvalue weighted by atomic mass is 9.58. The first kappa shape index (κ1) is 27.4. The molecule has 1 aliphatic carbocycles. The van der Waals surface area contributed by atoms with Crippen LogP contribution >= 0.6 is 0 Å². The van der Waals surface area contributed by atoms with Crippen molar-refractivity contribution in [2.45, 2.75) is 45.0 Å². The smallest absolute Gasteiger partial charge is 0.455 e. The lowest BCUT2D eigenvalue weighted by molar-refractivity contribution is -0.140. The Hall–Kier alpha value is -3.20. The quantitative estimate of drug-likeness (QED) is 0.214. The third-order valence-corrected chi connectivity index (χ3v) is 8.20. The number of phenols is 1. The van der Waals surface area contributed by atoms with Crippen molar-refractivity contribution in [3.05, 3.63) is 76.9 Å². The van der Waals surface area contributed by atoms with Crippen molar-refractivity contribution >= 4 is 30.6 Å². The Labute approximate surface area is 230 Å². The van der Waals surface area contributed by atoms with E-state index in [1.54, 1.807) is 19.2 Å². The van der Waals surface area contributed by atoms with Gasteiger partial charge in [0, 0.05) is 13.7 Å². The van der Waals surface area contributed by atoms with Crippen molar-refractivity contribution in [1.29, 1.82) is 0 Å². The summed E-state index contributed by atoms with van der Waals surface area (Å²) in [5.41, 5.74) is 5.06. The summed E-state index contributed by atoms with van der Waals surface area (Å²) in [5, 5.41) is 20.8. The fourth-order valence-electron chi connectivity index (χ4n) is 6.63. The molecule has 0 saturated carbocycles. The fourth-order valence-corrected chi connectivity index (χ4v) is 6.63. The molecule has 2 aromatic carbocycles. The van der Waals surface area contributed by atoms with Crippen LogP contribution in [0.15, 0.2) is 65.7 Å². The van der Waals surface area contributed by atoms with Crippen molar-refractivity contribution in [3.8, 4) is 5.75 Å². The normalized spacial score (nSPS) is 25.3. The number of rotatable bonds is 9. The summed E-state index contributed by atoms with van der Waals surface area (Å²) < 4.78 is 11.7. The number of phenolic OH excluding ortho intramolecular Hbond substituents is 1. The second kappa shape index (κ2) is 11.9. The van der Waals surface area contributed by atoms with Gasteiger partial charge in [0.15, 0.2) is 0 Å². The fraction of sp³-hybridized carbons (Fsp3) is 0.419. The standard InChI is InChI=1S/C31H36BNO6/c1-3-14-33-30(35)25-17-23(19-38-2)28-26(29(25)31(33)36)18-32(37)39-27(28)13-12-22(21-9-5-4-6-10-21)15-20-8-7-11-24(34)16-20/h4-11,15-16,25-27,29,34,37H,3,12-14,17-19H2,1-2H3/b22-15-/t25-,26+,27-,29-/m1/s1. The number of aromatic hydroxyl groups is 1. The first-order valence-electron chi connectivity index (χ1n) is 13.9. The molecule has 0 radical (unpaired) electrons. The summed E-state index contributed by atoms with van der Waals surface area (Å²) in [7, 11) is 0.628. The highest BCUT2D eigenvalue weighted by Crippen LogP contribution is 2.50. The topological polar surface area (TPSA) is 96.3 Å². The maximum absolute atomic E-state index is 13.5. The van der Waals surface area contributed by atoms with Gasteiger partial charge < -0.3 is 19.5 Å². The van der Waals surface area contributed by atoms with Gasteiger partial charge in [0.25, 0.3) is 0 Å². The Morgan fingerprint density at radius 2 is 1.92 bits per heavy atom. The number of hydrogen-bond donors (Lipinski definition) is 2. The molecule has 2 aliphatic heterocycles. The van der Waals surface area contributed by atoms with Gasteiger partial charge >= 0.3 is 7.12 Å². The van der Waals surface area contributed by atoms with Crippen molar-refractivity contribution in [3.63, 3.8) is 0 Å². The molecule has 2 fully saturated rings. The Bertz CT molecular complexity index is 1270. The number of fused-ring (bicyclic) bond motifs is 3. The number of carbonyl (C=O) groups excluding carboxylic acids is 2. The van der Waals surface area contributed by atoms with Crippen LogP contribution in [-0.4, -0.2) is 60.3 Å². The van der Waals surface area contributed by atoms with E-state index in [2.05, 4.69) is 18.2 Å². The van der Waals surface area contributed by atoms with E-state index in [0.717, 1.165) is 34.3 Å². The minimum atomic E-state index is -1.01. The minimum absolute atomic E-state index is 0.0996. The summed E-state index contributed by atoms with van der Waals surface area (Å²) >= 11 is 0. The molecule has 39 heavy (non-hydrogen) atoms. The van der Waals surface area contributed by atoms with Crippen LogP contribution < -0.4 is 0 Å². The van der Waals surface area contributed by atoms with Gasteiger partial charge in [-0.2, -0.15) is 0 Å². The number of hydrogen-bond acceptors (Lipinski definition) is 6. The van der Waals surface area contributed by atoms with Crippen LogP contribution in [0.25, 0.3) is 11.6 Å². The molecule has 2 heterocycles. The average molecular weight is 529 g/mol. The van der Waals surface area contributed by atoms with E-state index in [4.69, 9.17) is 9.39 Å². The Balaban J connectivity index is 1.47. The first-order valence-corrected chi connectivity index (χ1v) is 13.9. The Morgan fingerprint density at radius 3 is 2.64 bits per heavy atom. The van der Waals surface area contributed by atoms with Gasteiger partial charge in [-0.25, -0.2) is 0 Å². The second-order valence-corrected chi connectivity index (χ2v) is 10.7. The molecule has 7 nitrogen and oxygen atoms in total. The predicted molar refractivity (Wildman–Crippen MR) is 150 cm³/mol. The van der Waals surface area contributed by atoms with Gasteiger partial charge in [0.2, 0.25) is 11.8 Å². The van der Waals surface area contributed by atoms with Crippen molar-refractivity contribution in [2.24, 2.45) is 17.8 Å². The maximum Gasteiger partial charge on any atom is 0.455 e. The van der Waals surface area contributed by atoms with E-state index in [-0.39, 0.29) is 23.5 Å². The molecule has 5 rings (SSSR count). The molecular formula is C31H36BNO6. The molecule has 2 N–H and O–H groups in total. The van der Waals surface area contributed by atoms with Crippen LogP contribution in [0.4, 0.5) is 0 Å². The number of ether oxygens (including phenoxy) is 1. The van der Waals surface area contributed by atoms with E-state index in [9.17, 15) is 19.7 Å². The highest BCUT2D eigenvalue weighted by molar-refractivity contribution is 6.43. The number of carbonyl (C=O) groups is 2. The Morgan fingerprint density at radius 1 is 1.13 bits per heavy atom. The van der Waals surface area contributed by atoms with Crippen molar-refractivity contribution in [2.75, 3.05) is 20.3 Å². The molecule has 204 valence electrons. The molecule has 2 amide bonds. The van der Waals surface area contributed by atoms with Gasteiger partial charge in [-0.05, 0) is 77.9 Å². The summed E-state index contributed by atoms with van der Waals surface area (Å²) in [6.45, 7) is 2.76. The highest BCUT2D eigenvalue weighted by Gasteiger charge is 2.57. The number of benzene rings is 2. The van der Waals surface area contributed by atoms with Crippen LogP contribution in [-0.2, 0) is 19.0 Å². The Kier molecular flexibility index (Phi) is 8.36. The van der Waals surface area contributed by atoms with Gasteiger partial charge in [0.1, 0.15) is 5.75 Å². The summed E-state index contributed by atoms with van der Waals surface area (Å²) in [6, 6.07) is 17.2. The zero-order valence-electron chi connectivity index (χ0n) is 22.6. The minimum Gasteiger partial charge on any atom is -0.508 e. The van der Waals surface area contributed by atoms with E-state index in [0.29, 0.717) is 38.7 Å². The van der Waals surface area contributed by atoms with Crippen LogP contribution in [0, 0.1) is 17.8 Å². The van der Waals surface area contributed by atoms with Gasteiger partial charge in [-0.15, -0.1) is 0 Å². The maximum atomic E-state index is 13.5. The first-order chi connectivity index (χ1) is 18.9. The zero-order chi connectivity index (χ0) is 27.5. The van der Waals surface area contributed by atoms with E-state index >= 15 is 0 Å². The molecule has 2 saturated heterocycles. The van der Waals surface area contributed by atoms with E-state index < -0.39 is 25.1 Å². The molecule has 4 atom stereocenters. The summed E-state index contributed by atoms with van der Waals surface area (Å²) in [5.74, 6) is -1.13. The molecule has 0 bridgehead atoms. The molecule has 3 aliphatic rings. The summed E-state index contributed by atoms with van der Waals surface area (Å²) in [6.07, 6.45) is 4.40. The molecular weight excluding hydrogens is 493 g/mol. The highest BCUT2D eigenvalue weighted by atomic mass is 16.5. The van der Waals surface area contributed by atoms with Crippen molar-refractivity contribution in [1.82, 2.24) is 4.90 Å². The average Bonchev–Trinajstić information content (AvgIpc) is 3.16. The number of amides is 2. The predicted octanol–water partition coefficient (Wildman–Crippen LogP) is 4.57. The number of likely N-dealkylation sites (tertiary alicyclic amines) is 1. The largest absolute Gasteiger partial charge is 0.508 e. The molecule has 0 aromatic heterocycles. The monoisotopic (exact) mass is 529 g/mol. The van der Waals surface area contributed by atoms with Gasteiger partial charge in [-0.3, -0.25) is 14.5 Å². The third kappa shape index (κ3) is 5.60. The van der Waals surface area contributed by atoms with Gasteiger partial charge in [-0.1, -0.05) is 55.5 Å². The van der Waals surface area contributed by atoms with Crippen LogP contribution in [0.3, 0.4) is 0 Å². The number of imide groups is 1. The SMILES string of the molecule is CCCN1C(=O)[C@@H]2[C@@H](CC(COC)=C3[C@@H](CC/C(=C/c4cccc(O)c4)c4ccccc4)OB(O)C[C@@H]32)C1=O. The molecule has 0 spiro atoms. The number of allylic oxidation sites excluding steroid dienone is 1.